The molecule has 0 bridgehead atoms. The zero-order chi connectivity index (χ0) is 28.9. The quantitative estimate of drug-likeness (QED) is 0.336. The van der Waals surface area contributed by atoms with Crippen molar-refractivity contribution in [3.8, 4) is 17.5 Å². The molecule has 1 saturated heterocycles. The van der Waals surface area contributed by atoms with Gasteiger partial charge in [0.2, 0.25) is 0 Å². The lowest BCUT2D eigenvalue weighted by Gasteiger charge is -2.32. The molecule has 1 aliphatic heterocycles. The Hall–Kier alpha value is -4.89. The summed E-state index contributed by atoms with van der Waals surface area (Å²) in [7, 11) is 0. The molecule has 3 aromatic rings. The molecule has 40 heavy (non-hydrogen) atoms. The average molecular weight is 550 g/mol. The number of aromatic nitrogens is 2. The van der Waals surface area contributed by atoms with Crippen LogP contribution in [0.1, 0.15) is 41.0 Å². The molecule has 0 unspecified atom stereocenters. The Balaban J connectivity index is 0.000000482. The van der Waals surface area contributed by atoms with Gasteiger partial charge in [0.25, 0.3) is 17.6 Å². The van der Waals surface area contributed by atoms with Gasteiger partial charge in [0.15, 0.2) is 0 Å². The summed E-state index contributed by atoms with van der Waals surface area (Å²) in [5, 5.41) is 31.1. The van der Waals surface area contributed by atoms with Crippen molar-refractivity contribution in [3.05, 3.63) is 83.5 Å². The minimum absolute atomic E-state index is 0.00530. The maximum atomic E-state index is 13.3. The molecule has 4 rings (SSSR count). The maximum absolute atomic E-state index is 13.3. The molecule has 12 heteroatoms. The normalized spacial score (nSPS) is 13.7. The molecule has 0 aliphatic carbocycles. The van der Waals surface area contributed by atoms with Gasteiger partial charge >= 0.3 is 11.9 Å². The number of carbonyl (C=O) groups is 3. The number of likely N-dealkylation sites (tertiary alicyclic amines) is 1. The van der Waals surface area contributed by atoms with Crippen LogP contribution in [0.15, 0.2) is 65.2 Å². The van der Waals surface area contributed by atoms with Gasteiger partial charge < -0.3 is 20.1 Å². The molecule has 3 N–H and O–H groups in total. The van der Waals surface area contributed by atoms with Crippen molar-refractivity contribution in [1.29, 1.82) is 5.26 Å². The summed E-state index contributed by atoms with van der Waals surface area (Å²) < 4.78 is 18.5. The van der Waals surface area contributed by atoms with Gasteiger partial charge in [-0.1, -0.05) is 17.3 Å². The Morgan fingerprint density at radius 1 is 1.10 bits per heavy atom. The third-order valence-corrected chi connectivity index (χ3v) is 6.10. The second-order valence-electron chi connectivity index (χ2n) is 9.02. The second kappa shape index (κ2) is 14.9. The molecule has 2 aromatic carbocycles. The van der Waals surface area contributed by atoms with Gasteiger partial charge in [0.05, 0.1) is 11.6 Å². The SMILES string of the molecule is N#Cc1ccc(-c2nc(C(=O)NCCC3CCN(Cc4cccc(F)c4)CC3)no2)cc1.O=C(O)/C=C/C(=O)O. The molecular formula is C28H28FN5O6. The summed E-state index contributed by atoms with van der Waals surface area (Å²) in [5.41, 5.74) is 2.18. The summed E-state index contributed by atoms with van der Waals surface area (Å²) in [6, 6.07) is 15.5. The van der Waals surface area contributed by atoms with Gasteiger partial charge in [-0.2, -0.15) is 10.2 Å². The molecule has 2 heterocycles. The van der Waals surface area contributed by atoms with Gasteiger partial charge in [-0.25, -0.2) is 14.0 Å². The zero-order valence-electron chi connectivity index (χ0n) is 21.5. The van der Waals surface area contributed by atoms with Crippen LogP contribution in [0.25, 0.3) is 11.5 Å². The maximum Gasteiger partial charge on any atom is 0.328 e. The number of carbonyl (C=O) groups excluding carboxylic acids is 1. The summed E-state index contributed by atoms with van der Waals surface area (Å²) in [6.45, 7) is 3.25. The lowest BCUT2D eigenvalue weighted by atomic mass is 9.93. The third-order valence-electron chi connectivity index (χ3n) is 6.10. The van der Waals surface area contributed by atoms with E-state index in [0.717, 1.165) is 44.5 Å². The van der Waals surface area contributed by atoms with E-state index in [1.165, 1.54) is 6.07 Å². The Morgan fingerprint density at radius 3 is 2.38 bits per heavy atom. The molecule has 0 atom stereocenters. The van der Waals surface area contributed by atoms with Crippen molar-refractivity contribution in [3.63, 3.8) is 0 Å². The highest BCUT2D eigenvalue weighted by molar-refractivity contribution is 5.90. The van der Waals surface area contributed by atoms with Crippen molar-refractivity contribution < 1.29 is 33.5 Å². The van der Waals surface area contributed by atoms with Gasteiger partial charge in [0, 0.05) is 30.8 Å². The number of carboxylic acid groups (broad SMARTS) is 2. The van der Waals surface area contributed by atoms with Crippen LogP contribution in [-0.4, -0.2) is 62.7 Å². The highest BCUT2D eigenvalue weighted by Crippen LogP contribution is 2.22. The molecule has 1 aliphatic rings. The number of aliphatic carboxylic acids is 2. The first kappa shape index (κ1) is 29.7. The predicted molar refractivity (Wildman–Crippen MR) is 140 cm³/mol. The number of halogens is 1. The fourth-order valence-electron chi connectivity index (χ4n) is 4.06. The number of amides is 1. The standard InChI is InChI=1S/C24H24FN5O2.C4H4O4/c25-21-3-1-2-19(14-21)16-30-12-9-17(10-13-30)8-11-27-23(31)22-28-24(32-29-22)20-6-4-18(15-26)5-7-20;5-3(6)1-2-4(7)8/h1-7,14,17H,8-13,16H2,(H,27,31);1-2H,(H,5,6)(H,7,8)/b;2-1+. The molecule has 1 amide bonds. The van der Waals surface area contributed by atoms with Gasteiger partial charge in [-0.3, -0.25) is 9.69 Å². The lowest BCUT2D eigenvalue weighted by Crippen LogP contribution is -2.35. The Kier molecular flexibility index (Phi) is 11.0. The molecule has 1 aromatic heterocycles. The van der Waals surface area contributed by atoms with E-state index in [0.29, 0.717) is 35.7 Å². The highest BCUT2D eigenvalue weighted by Gasteiger charge is 2.20. The van der Waals surface area contributed by atoms with Crippen molar-refractivity contribution in [2.24, 2.45) is 5.92 Å². The minimum Gasteiger partial charge on any atom is -0.478 e. The fraction of sp³-hybridized carbons (Fsp3) is 0.286. The topological polar surface area (TPSA) is 170 Å². The van der Waals surface area contributed by atoms with Gasteiger partial charge in [0.1, 0.15) is 5.82 Å². The van der Waals surface area contributed by atoms with E-state index in [4.69, 9.17) is 20.0 Å². The highest BCUT2D eigenvalue weighted by atomic mass is 19.1. The summed E-state index contributed by atoms with van der Waals surface area (Å²) >= 11 is 0. The smallest absolute Gasteiger partial charge is 0.328 e. The number of piperidine rings is 1. The second-order valence-corrected chi connectivity index (χ2v) is 9.02. The van der Waals surface area contributed by atoms with E-state index < -0.39 is 11.9 Å². The Bertz CT molecular complexity index is 1360. The number of benzene rings is 2. The number of hydrogen-bond acceptors (Lipinski definition) is 8. The van der Waals surface area contributed by atoms with Crippen LogP contribution in [-0.2, 0) is 16.1 Å². The molecule has 0 radical (unpaired) electrons. The van der Waals surface area contributed by atoms with E-state index in [1.54, 1.807) is 36.4 Å². The van der Waals surface area contributed by atoms with E-state index >= 15 is 0 Å². The predicted octanol–water partition coefficient (Wildman–Crippen LogP) is 3.49. The van der Waals surface area contributed by atoms with Crippen molar-refractivity contribution in [2.45, 2.75) is 25.8 Å². The average Bonchev–Trinajstić information content (AvgIpc) is 3.44. The van der Waals surface area contributed by atoms with Crippen LogP contribution < -0.4 is 5.32 Å². The molecule has 0 spiro atoms. The first-order valence-corrected chi connectivity index (χ1v) is 12.5. The fourth-order valence-corrected chi connectivity index (χ4v) is 4.06. The van der Waals surface area contributed by atoms with Gasteiger partial charge in [-0.05, 0) is 80.2 Å². The summed E-state index contributed by atoms with van der Waals surface area (Å²) in [4.78, 5) is 37.9. The van der Waals surface area contributed by atoms with Crippen LogP contribution >= 0.6 is 0 Å². The van der Waals surface area contributed by atoms with Crippen molar-refractivity contribution in [1.82, 2.24) is 20.4 Å². The number of carboxylic acids is 2. The third kappa shape index (κ3) is 9.77. The first-order valence-electron chi connectivity index (χ1n) is 12.5. The van der Waals surface area contributed by atoms with Gasteiger partial charge in [-0.15, -0.1) is 0 Å². The number of rotatable bonds is 9. The van der Waals surface area contributed by atoms with Crippen LogP contribution in [0.5, 0.6) is 0 Å². The van der Waals surface area contributed by atoms with E-state index in [9.17, 15) is 18.8 Å². The Labute approximate surface area is 229 Å². The van der Waals surface area contributed by atoms with Crippen molar-refractivity contribution >= 4 is 17.8 Å². The summed E-state index contributed by atoms with van der Waals surface area (Å²) in [6.07, 6.45) is 4.11. The number of hydrogen-bond donors (Lipinski definition) is 3. The zero-order valence-corrected chi connectivity index (χ0v) is 21.5. The lowest BCUT2D eigenvalue weighted by molar-refractivity contribution is -0.134. The van der Waals surface area contributed by atoms with Crippen LogP contribution in [0.2, 0.25) is 0 Å². The van der Waals surface area contributed by atoms with Crippen molar-refractivity contribution in [2.75, 3.05) is 19.6 Å². The molecule has 208 valence electrons. The number of nitriles is 1. The molecule has 0 saturated carbocycles. The largest absolute Gasteiger partial charge is 0.478 e. The van der Waals surface area contributed by atoms with E-state index in [1.807, 2.05) is 12.1 Å². The summed E-state index contributed by atoms with van der Waals surface area (Å²) in [5.74, 6) is -2.30. The molecular weight excluding hydrogens is 521 g/mol. The van der Waals surface area contributed by atoms with Crippen LogP contribution in [0, 0.1) is 23.1 Å². The number of nitrogens with one attached hydrogen (secondary N) is 1. The number of nitrogens with zero attached hydrogens (tertiary/aromatic N) is 4. The minimum atomic E-state index is -1.26. The first-order chi connectivity index (χ1) is 19.2. The van der Waals surface area contributed by atoms with E-state index in [2.05, 4.69) is 20.4 Å². The Morgan fingerprint density at radius 2 is 1.77 bits per heavy atom. The molecule has 11 nitrogen and oxygen atoms in total. The van der Waals surface area contributed by atoms with Crippen LogP contribution in [0.4, 0.5) is 4.39 Å². The monoisotopic (exact) mass is 549 g/mol. The van der Waals surface area contributed by atoms with Crippen LogP contribution in [0.3, 0.4) is 0 Å². The van der Waals surface area contributed by atoms with E-state index in [-0.39, 0.29) is 23.4 Å². The molecule has 1 fully saturated rings.